The van der Waals surface area contributed by atoms with Crippen LogP contribution in [0.25, 0.3) is 10.9 Å². The molecule has 0 aliphatic carbocycles. The molecule has 1 aromatic heterocycles. The number of carbonyl (C=O) groups excluding carboxylic acids is 1. The monoisotopic (exact) mass is 242 g/mol. The van der Waals surface area contributed by atoms with Gasteiger partial charge < -0.3 is 5.32 Å². The first-order chi connectivity index (χ1) is 8.61. The van der Waals surface area contributed by atoms with E-state index in [2.05, 4.69) is 24.1 Å². The Morgan fingerprint density at radius 2 is 2.06 bits per heavy atom. The van der Waals surface area contributed by atoms with Crippen LogP contribution in [0.5, 0.6) is 0 Å². The van der Waals surface area contributed by atoms with Gasteiger partial charge in [-0.2, -0.15) is 0 Å². The van der Waals surface area contributed by atoms with Crippen molar-refractivity contribution in [3.05, 3.63) is 41.6 Å². The van der Waals surface area contributed by atoms with Crippen molar-refractivity contribution in [1.29, 1.82) is 0 Å². The maximum absolute atomic E-state index is 11.8. The number of hydrogen-bond donors (Lipinski definition) is 1. The molecule has 0 saturated heterocycles. The van der Waals surface area contributed by atoms with E-state index >= 15 is 0 Å². The topological polar surface area (TPSA) is 42.0 Å². The fraction of sp³-hybridized carbons (Fsp3) is 0.333. The maximum atomic E-state index is 11.8. The number of nitrogens with zero attached hydrogens (tertiary/aromatic N) is 1. The highest BCUT2D eigenvalue weighted by Crippen LogP contribution is 2.18. The van der Waals surface area contributed by atoms with Crippen molar-refractivity contribution in [1.82, 2.24) is 10.3 Å². The number of pyridine rings is 1. The fourth-order valence-corrected chi connectivity index (χ4v) is 2.06. The Balaban J connectivity index is 2.50. The highest BCUT2D eigenvalue weighted by molar-refractivity contribution is 6.06. The van der Waals surface area contributed by atoms with E-state index in [1.807, 2.05) is 30.3 Å². The zero-order chi connectivity index (χ0) is 13.1. The van der Waals surface area contributed by atoms with Crippen LogP contribution in [-0.2, 0) is 6.42 Å². The number of benzene rings is 1. The molecule has 1 heterocycles. The Morgan fingerprint density at radius 3 is 2.72 bits per heavy atom. The van der Waals surface area contributed by atoms with Crippen LogP contribution in [0, 0.1) is 5.92 Å². The van der Waals surface area contributed by atoms with Crippen molar-refractivity contribution < 1.29 is 4.79 Å². The molecule has 3 heteroatoms. The van der Waals surface area contributed by atoms with Crippen LogP contribution in [0.4, 0.5) is 0 Å². The third-order valence-corrected chi connectivity index (χ3v) is 2.88. The molecule has 0 aliphatic heterocycles. The van der Waals surface area contributed by atoms with Crippen LogP contribution in [0.15, 0.2) is 30.3 Å². The average molecular weight is 242 g/mol. The van der Waals surface area contributed by atoms with Crippen molar-refractivity contribution in [2.75, 3.05) is 7.05 Å². The van der Waals surface area contributed by atoms with E-state index in [1.165, 1.54) is 0 Å². The van der Waals surface area contributed by atoms with Crippen LogP contribution in [-0.4, -0.2) is 17.9 Å². The van der Waals surface area contributed by atoms with E-state index in [0.29, 0.717) is 11.5 Å². The molecule has 94 valence electrons. The van der Waals surface area contributed by atoms with E-state index in [1.54, 1.807) is 7.05 Å². The number of amides is 1. The molecule has 0 atom stereocenters. The van der Waals surface area contributed by atoms with Crippen LogP contribution >= 0.6 is 0 Å². The number of rotatable bonds is 3. The third kappa shape index (κ3) is 2.50. The second kappa shape index (κ2) is 5.17. The van der Waals surface area contributed by atoms with Gasteiger partial charge in [0.1, 0.15) is 0 Å². The smallest absolute Gasteiger partial charge is 0.251 e. The Bertz CT molecular complexity index is 576. The second-order valence-electron chi connectivity index (χ2n) is 4.85. The van der Waals surface area contributed by atoms with Crippen LogP contribution in [0.1, 0.15) is 29.9 Å². The molecular weight excluding hydrogens is 224 g/mol. The molecular formula is C15H18N2O. The molecule has 0 unspecified atom stereocenters. The maximum Gasteiger partial charge on any atom is 0.251 e. The molecule has 18 heavy (non-hydrogen) atoms. The minimum atomic E-state index is -0.0704. The number of hydrogen-bond acceptors (Lipinski definition) is 2. The van der Waals surface area contributed by atoms with E-state index < -0.39 is 0 Å². The number of carbonyl (C=O) groups is 1. The Labute approximate surface area is 107 Å². The summed E-state index contributed by atoms with van der Waals surface area (Å²) >= 11 is 0. The van der Waals surface area contributed by atoms with Crippen LogP contribution in [0.3, 0.4) is 0 Å². The molecule has 0 spiro atoms. The summed E-state index contributed by atoms with van der Waals surface area (Å²) in [5.41, 5.74) is 2.64. The van der Waals surface area contributed by atoms with Gasteiger partial charge >= 0.3 is 0 Å². The molecule has 1 aromatic carbocycles. The zero-order valence-electron chi connectivity index (χ0n) is 11.0. The molecule has 1 amide bonds. The van der Waals surface area contributed by atoms with Gasteiger partial charge in [0.15, 0.2) is 0 Å². The quantitative estimate of drug-likeness (QED) is 0.899. The first-order valence-electron chi connectivity index (χ1n) is 6.22. The third-order valence-electron chi connectivity index (χ3n) is 2.88. The lowest BCUT2D eigenvalue weighted by atomic mass is 10.0. The van der Waals surface area contributed by atoms with Gasteiger partial charge in [0.05, 0.1) is 5.52 Å². The fourth-order valence-electron chi connectivity index (χ4n) is 2.06. The summed E-state index contributed by atoms with van der Waals surface area (Å²) in [6, 6.07) is 9.65. The average Bonchev–Trinajstić information content (AvgIpc) is 2.36. The van der Waals surface area contributed by atoms with Gasteiger partial charge in [-0.25, -0.2) is 0 Å². The molecule has 0 bridgehead atoms. The summed E-state index contributed by atoms with van der Waals surface area (Å²) in [5.74, 6) is 0.510. The molecule has 1 N–H and O–H groups in total. The summed E-state index contributed by atoms with van der Waals surface area (Å²) in [6.45, 7) is 4.35. The van der Waals surface area contributed by atoms with Gasteiger partial charge in [-0.05, 0) is 30.5 Å². The highest BCUT2D eigenvalue weighted by atomic mass is 16.1. The van der Waals surface area contributed by atoms with Crippen molar-refractivity contribution in [3.8, 4) is 0 Å². The summed E-state index contributed by atoms with van der Waals surface area (Å²) in [4.78, 5) is 16.4. The molecule has 0 fully saturated rings. The second-order valence-corrected chi connectivity index (χ2v) is 4.85. The van der Waals surface area contributed by atoms with Crippen molar-refractivity contribution in [2.45, 2.75) is 20.3 Å². The van der Waals surface area contributed by atoms with Crippen LogP contribution in [0.2, 0.25) is 0 Å². The lowest BCUT2D eigenvalue weighted by molar-refractivity contribution is 0.0964. The zero-order valence-corrected chi connectivity index (χ0v) is 11.0. The predicted octanol–water partition coefficient (Wildman–Crippen LogP) is 2.79. The Morgan fingerprint density at radius 1 is 1.28 bits per heavy atom. The summed E-state index contributed by atoms with van der Waals surface area (Å²) < 4.78 is 0. The lowest BCUT2D eigenvalue weighted by Gasteiger charge is -2.08. The van der Waals surface area contributed by atoms with Gasteiger partial charge in [-0.1, -0.05) is 26.0 Å². The van der Waals surface area contributed by atoms with Gasteiger partial charge in [-0.3, -0.25) is 9.78 Å². The first-order valence-corrected chi connectivity index (χ1v) is 6.22. The molecule has 3 nitrogen and oxygen atoms in total. The van der Waals surface area contributed by atoms with Crippen molar-refractivity contribution >= 4 is 16.8 Å². The minimum absolute atomic E-state index is 0.0704. The summed E-state index contributed by atoms with van der Waals surface area (Å²) in [6.07, 6.45) is 0.958. The standard InChI is InChI=1S/C15H18N2O/c1-10(2)9-11-7-8-12-13(15(18)16-3)5-4-6-14(12)17-11/h4-8,10H,9H2,1-3H3,(H,16,18). The SMILES string of the molecule is CNC(=O)c1cccc2nc(CC(C)C)ccc12. The van der Waals surface area contributed by atoms with E-state index in [9.17, 15) is 4.79 Å². The first kappa shape index (κ1) is 12.6. The number of aromatic nitrogens is 1. The predicted molar refractivity (Wildman–Crippen MR) is 73.7 cm³/mol. The number of nitrogens with one attached hydrogen (secondary N) is 1. The normalized spacial score (nSPS) is 10.9. The molecule has 0 radical (unpaired) electrons. The van der Waals surface area contributed by atoms with E-state index in [-0.39, 0.29) is 5.91 Å². The van der Waals surface area contributed by atoms with Gasteiger partial charge in [0, 0.05) is 23.7 Å². The summed E-state index contributed by atoms with van der Waals surface area (Å²) in [5, 5.41) is 3.56. The van der Waals surface area contributed by atoms with E-state index in [0.717, 1.165) is 23.0 Å². The largest absolute Gasteiger partial charge is 0.355 e. The van der Waals surface area contributed by atoms with Crippen molar-refractivity contribution in [2.24, 2.45) is 5.92 Å². The minimum Gasteiger partial charge on any atom is -0.355 e. The van der Waals surface area contributed by atoms with Crippen molar-refractivity contribution in [3.63, 3.8) is 0 Å². The Hall–Kier alpha value is -1.90. The Kier molecular flexibility index (Phi) is 3.60. The molecule has 0 saturated carbocycles. The van der Waals surface area contributed by atoms with E-state index in [4.69, 9.17) is 0 Å². The molecule has 2 aromatic rings. The highest BCUT2D eigenvalue weighted by Gasteiger charge is 2.09. The van der Waals surface area contributed by atoms with Gasteiger partial charge in [0.25, 0.3) is 5.91 Å². The lowest BCUT2D eigenvalue weighted by Crippen LogP contribution is -2.18. The summed E-state index contributed by atoms with van der Waals surface area (Å²) in [7, 11) is 1.64. The van der Waals surface area contributed by atoms with Crippen LogP contribution < -0.4 is 5.32 Å². The molecule has 2 rings (SSSR count). The number of fused-ring (bicyclic) bond motifs is 1. The van der Waals surface area contributed by atoms with Gasteiger partial charge in [0.2, 0.25) is 0 Å². The van der Waals surface area contributed by atoms with Gasteiger partial charge in [-0.15, -0.1) is 0 Å². The molecule has 0 aliphatic rings.